The van der Waals surface area contributed by atoms with Crippen LogP contribution in [0.2, 0.25) is 0 Å². The zero-order chi connectivity index (χ0) is 21.0. The van der Waals surface area contributed by atoms with E-state index < -0.39 is 48.7 Å². The van der Waals surface area contributed by atoms with Crippen molar-refractivity contribution in [2.24, 2.45) is 0 Å². The molecule has 0 spiro atoms. The Labute approximate surface area is 159 Å². The number of ether oxygens (including phenoxy) is 2. The molecule has 1 atom stereocenters. The van der Waals surface area contributed by atoms with Gasteiger partial charge in [-0.1, -0.05) is 12.1 Å². The Balaban J connectivity index is 2.81. The molecule has 1 N–H and O–H groups in total. The number of carbonyl (C=O) groups is 1. The summed E-state index contributed by atoms with van der Waals surface area (Å²) in [6.07, 6.45) is 0. The quantitative estimate of drug-likeness (QED) is 0.402. The molecule has 1 unspecified atom stereocenters. The minimum atomic E-state index is -4.14. The van der Waals surface area contributed by atoms with Crippen LogP contribution in [0.1, 0.15) is 41.5 Å². The molecule has 0 fully saturated rings. The fourth-order valence-corrected chi connectivity index (χ4v) is 3.39. The smallest absolute Gasteiger partial charge is 0.338 e. The van der Waals surface area contributed by atoms with Crippen molar-refractivity contribution in [3.8, 4) is 0 Å². The van der Waals surface area contributed by atoms with Gasteiger partial charge in [0, 0.05) is 12.1 Å². The summed E-state index contributed by atoms with van der Waals surface area (Å²) in [5.74, 6) is -0.580. The number of rotatable bonds is 8. The summed E-state index contributed by atoms with van der Waals surface area (Å²) < 4.78 is 38.0. The fourth-order valence-electron chi connectivity index (χ4n) is 1.99. The molecule has 9 nitrogen and oxygen atoms in total. The van der Waals surface area contributed by atoms with Gasteiger partial charge >= 0.3 is 5.97 Å². The van der Waals surface area contributed by atoms with Crippen LogP contribution in [0.15, 0.2) is 29.2 Å². The second kappa shape index (κ2) is 8.32. The molecule has 0 aliphatic rings. The predicted molar refractivity (Wildman–Crippen MR) is 98.8 cm³/mol. The lowest BCUT2D eigenvalue weighted by atomic mass is 10.1. The lowest BCUT2D eigenvalue weighted by molar-refractivity contribution is -0.387. The largest absolute Gasteiger partial charge is 0.458 e. The standard InChI is InChI=1S/C17H26N2O7S/c1-12(11-25-17(5,6)15(20)26-16(2,3)4)18-27(23,24)14-10-8-7-9-13(14)19(21)22/h7-10,12,18H,11H2,1-6H3. The predicted octanol–water partition coefficient (Wildman–Crippen LogP) is 2.40. The molecule has 0 aliphatic carbocycles. The number of nitrogens with one attached hydrogen (secondary N) is 1. The van der Waals surface area contributed by atoms with E-state index in [-0.39, 0.29) is 6.61 Å². The highest BCUT2D eigenvalue weighted by Gasteiger charge is 2.34. The van der Waals surface area contributed by atoms with Gasteiger partial charge in [-0.3, -0.25) is 10.1 Å². The van der Waals surface area contributed by atoms with E-state index in [1.54, 1.807) is 20.8 Å². The van der Waals surface area contributed by atoms with E-state index in [4.69, 9.17) is 9.47 Å². The van der Waals surface area contributed by atoms with Crippen LogP contribution < -0.4 is 4.72 Å². The summed E-state index contributed by atoms with van der Waals surface area (Å²) in [6, 6.07) is 4.30. The number of carbonyl (C=O) groups excluding carboxylic acids is 1. The van der Waals surface area contributed by atoms with Crippen molar-refractivity contribution in [3.63, 3.8) is 0 Å². The number of para-hydroxylation sites is 1. The second-order valence-corrected chi connectivity index (χ2v) is 9.25. The SMILES string of the molecule is CC(COC(C)(C)C(=O)OC(C)(C)C)NS(=O)(=O)c1ccccc1[N+](=O)[O-]. The van der Waals surface area contributed by atoms with E-state index in [1.165, 1.54) is 32.9 Å². The van der Waals surface area contributed by atoms with Gasteiger partial charge in [0.1, 0.15) is 5.60 Å². The Morgan fingerprint density at radius 1 is 1.22 bits per heavy atom. The number of nitrogens with zero attached hydrogens (tertiary/aromatic N) is 1. The molecule has 0 amide bonds. The number of nitro groups is 1. The monoisotopic (exact) mass is 402 g/mol. The van der Waals surface area contributed by atoms with Gasteiger partial charge in [0.05, 0.1) is 11.5 Å². The van der Waals surface area contributed by atoms with Gasteiger partial charge in [-0.25, -0.2) is 17.9 Å². The van der Waals surface area contributed by atoms with Crippen LogP contribution in [0.4, 0.5) is 5.69 Å². The molecule has 0 aliphatic heterocycles. The maximum absolute atomic E-state index is 12.5. The average Bonchev–Trinajstić information content (AvgIpc) is 2.51. The van der Waals surface area contributed by atoms with Gasteiger partial charge in [0.25, 0.3) is 5.69 Å². The van der Waals surface area contributed by atoms with Gasteiger partial charge in [-0.2, -0.15) is 0 Å². The number of hydrogen-bond acceptors (Lipinski definition) is 7. The average molecular weight is 402 g/mol. The van der Waals surface area contributed by atoms with Crippen molar-refractivity contribution >= 4 is 21.7 Å². The minimum absolute atomic E-state index is 0.133. The van der Waals surface area contributed by atoms with Crippen molar-refractivity contribution in [1.82, 2.24) is 4.72 Å². The van der Waals surface area contributed by atoms with Gasteiger partial charge in [0.2, 0.25) is 10.0 Å². The number of benzene rings is 1. The molecule has 1 rings (SSSR count). The lowest BCUT2D eigenvalue weighted by Crippen LogP contribution is -2.44. The van der Waals surface area contributed by atoms with E-state index in [1.807, 2.05) is 0 Å². The van der Waals surface area contributed by atoms with Crippen molar-refractivity contribution < 1.29 is 27.6 Å². The van der Waals surface area contributed by atoms with E-state index in [9.17, 15) is 23.3 Å². The zero-order valence-electron chi connectivity index (χ0n) is 16.3. The van der Waals surface area contributed by atoms with Crippen LogP contribution in [-0.2, 0) is 24.3 Å². The third-order valence-corrected chi connectivity index (χ3v) is 4.93. The maximum Gasteiger partial charge on any atom is 0.338 e. The van der Waals surface area contributed by atoms with Crippen molar-refractivity contribution in [2.45, 2.75) is 63.7 Å². The van der Waals surface area contributed by atoms with Crippen molar-refractivity contribution in [2.75, 3.05) is 6.61 Å². The Morgan fingerprint density at radius 2 is 1.78 bits per heavy atom. The minimum Gasteiger partial charge on any atom is -0.458 e. The molecule has 0 saturated heterocycles. The van der Waals surface area contributed by atoms with Gasteiger partial charge < -0.3 is 9.47 Å². The molecule has 10 heteroatoms. The maximum atomic E-state index is 12.5. The molecule has 0 heterocycles. The Morgan fingerprint density at radius 3 is 2.30 bits per heavy atom. The van der Waals surface area contributed by atoms with Gasteiger partial charge in [-0.05, 0) is 47.6 Å². The summed E-state index contributed by atoms with van der Waals surface area (Å²) in [5, 5.41) is 11.0. The molecule has 0 aromatic heterocycles. The van der Waals surface area contributed by atoms with Crippen LogP contribution in [0.5, 0.6) is 0 Å². The van der Waals surface area contributed by atoms with Crippen LogP contribution in [0.3, 0.4) is 0 Å². The van der Waals surface area contributed by atoms with E-state index >= 15 is 0 Å². The molecular weight excluding hydrogens is 376 g/mol. The van der Waals surface area contributed by atoms with E-state index in [0.29, 0.717) is 0 Å². The van der Waals surface area contributed by atoms with Crippen molar-refractivity contribution in [3.05, 3.63) is 34.4 Å². The third kappa shape index (κ3) is 6.89. The highest BCUT2D eigenvalue weighted by molar-refractivity contribution is 7.89. The Kier molecular flexibility index (Phi) is 7.09. The Hall–Kier alpha value is -2.04. The zero-order valence-corrected chi connectivity index (χ0v) is 17.1. The molecule has 1 aromatic rings. The topological polar surface area (TPSA) is 125 Å². The molecule has 0 bridgehead atoms. The molecule has 1 aromatic carbocycles. The van der Waals surface area contributed by atoms with Crippen LogP contribution in [-0.4, -0.2) is 43.2 Å². The molecule has 27 heavy (non-hydrogen) atoms. The number of sulfonamides is 1. The summed E-state index contributed by atoms with van der Waals surface area (Å²) in [7, 11) is -4.14. The summed E-state index contributed by atoms with van der Waals surface area (Å²) in [5.41, 5.74) is -2.49. The summed E-state index contributed by atoms with van der Waals surface area (Å²) >= 11 is 0. The summed E-state index contributed by atoms with van der Waals surface area (Å²) in [6.45, 7) is 9.61. The van der Waals surface area contributed by atoms with E-state index in [2.05, 4.69) is 4.72 Å². The first-order chi connectivity index (χ1) is 12.2. The molecule has 152 valence electrons. The normalized spacial score (nSPS) is 13.9. The van der Waals surface area contributed by atoms with Crippen LogP contribution >= 0.6 is 0 Å². The van der Waals surface area contributed by atoms with Gasteiger partial charge in [-0.15, -0.1) is 0 Å². The number of esters is 1. The molecule has 0 saturated carbocycles. The second-order valence-electron chi connectivity index (χ2n) is 7.57. The first kappa shape index (κ1) is 23.0. The van der Waals surface area contributed by atoms with E-state index in [0.717, 1.165) is 12.1 Å². The third-order valence-electron chi connectivity index (χ3n) is 3.29. The number of nitro benzene ring substituents is 1. The summed E-state index contributed by atoms with van der Waals surface area (Å²) in [4.78, 5) is 22.0. The fraction of sp³-hybridized carbons (Fsp3) is 0.588. The first-order valence-corrected chi connectivity index (χ1v) is 9.77. The van der Waals surface area contributed by atoms with Crippen LogP contribution in [0.25, 0.3) is 0 Å². The van der Waals surface area contributed by atoms with Crippen molar-refractivity contribution in [1.29, 1.82) is 0 Å². The first-order valence-electron chi connectivity index (χ1n) is 8.29. The lowest BCUT2D eigenvalue weighted by Gasteiger charge is -2.29. The Bertz CT molecular complexity index is 798. The molecular formula is C17H26N2O7S. The highest BCUT2D eigenvalue weighted by atomic mass is 32.2. The van der Waals surface area contributed by atoms with Crippen LogP contribution in [0, 0.1) is 10.1 Å². The highest BCUT2D eigenvalue weighted by Crippen LogP contribution is 2.23. The van der Waals surface area contributed by atoms with Gasteiger partial charge in [0.15, 0.2) is 10.5 Å². The molecule has 0 radical (unpaired) electrons. The number of hydrogen-bond donors (Lipinski definition) is 1.